The summed E-state index contributed by atoms with van der Waals surface area (Å²) in [5.74, 6) is -0.189. The average molecular weight is 450 g/mol. The van der Waals surface area contributed by atoms with Gasteiger partial charge in [-0.25, -0.2) is 4.39 Å². The van der Waals surface area contributed by atoms with Gasteiger partial charge in [-0.05, 0) is 61.6 Å². The minimum atomic E-state index is -0.248. The summed E-state index contributed by atoms with van der Waals surface area (Å²) in [5, 5.41) is 3.46. The Kier molecular flexibility index (Phi) is 5.97. The molecule has 4 unspecified atom stereocenters. The summed E-state index contributed by atoms with van der Waals surface area (Å²) in [4.78, 5) is 17.5. The Morgan fingerprint density at radius 1 is 1.15 bits per heavy atom. The van der Waals surface area contributed by atoms with Crippen molar-refractivity contribution < 1.29 is 13.9 Å². The minimum absolute atomic E-state index is 0.0766. The number of hydrogen-bond acceptors (Lipinski definition) is 4. The van der Waals surface area contributed by atoms with Gasteiger partial charge in [0.2, 0.25) is 0 Å². The molecule has 0 aromatic heterocycles. The standard InChI is InChI=1S/C27H32FN3O2/c1-17-4-6-21-7-8-22(30-11-10-29-18(2)15-30)16-31(21)27(32)14-23(17)20-5-9-25(28)24(13-20)26-12-19(3)33-26/h5-9,13-14,16-19,26,29H,4,10-12,15H2,1-3H3. The summed E-state index contributed by atoms with van der Waals surface area (Å²) in [6.45, 7) is 9.05. The van der Waals surface area contributed by atoms with Crippen LogP contribution in [0.15, 0.2) is 60.1 Å². The fourth-order valence-electron chi connectivity index (χ4n) is 5.09. The quantitative estimate of drug-likeness (QED) is 0.737. The number of ether oxygens (including phenoxy) is 1. The number of amides is 1. The maximum atomic E-state index is 14.5. The molecule has 4 aliphatic heterocycles. The van der Waals surface area contributed by atoms with Gasteiger partial charge < -0.3 is 15.0 Å². The number of allylic oxidation sites excluding steroid dienone is 4. The van der Waals surface area contributed by atoms with E-state index < -0.39 is 0 Å². The molecule has 2 saturated heterocycles. The fraction of sp³-hybridized carbons (Fsp3) is 0.444. The average Bonchev–Trinajstić information content (AvgIpc) is 2.78. The van der Waals surface area contributed by atoms with E-state index in [1.807, 2.05) is 25.3 Å². The van der Waals surface area contributed by atoms with Crippen LogP contribution in [0, 0.1) is 11.7 Å². The molecule has 174 valence electrons. The van der Waals surface area contributed by atoms with Gasteiger partial charge >= 0.3 is 0 Å². The molecular formula is C27H32FN3O2. The van der Waals surface area contributed by atoms with Crippen molar-refractivity contribution in [3.05, 3.63) is 77.0 Å². The number of halogens is 1. The molecule has 0 radical (unpaired) electrons. The van der Waals surface area contributed by atoms with E-state index in [0.717, 1.165) is 55.0 Å². The Balaban J connectivity index is 1.44. The van der Waals surface area contributed by atoms with Crippen molar-refractivity contribution in [2.75, 3.05) is 19.6 Å². The summed E-state index contributed by atoms with van der Waals surface area (Å²) in [7, 11) is 0. The van der Waals surface area contributed by atoms with Crippen molar-refractivity contribution in [1.82, 2.24) is 15.1 Å². The number of rotatable bonds is 3. The normalized spacial score (nSPS) is 29.9. The highest BCUT2D eigenvalue weighted by atomic mass is 19.1. The molecule has 33 heavy (non-hydrogen) atoms. The van der Waals surface area contributed by atoms with Gasteiger partial charge in [0.15, 0.2) is 0 Å². The number of nitrogens with one attached hydrogen (secondary N) is 1. The predicted molar refractivity (Wildman–Crippen MR) is 127 cm³/mol. The molecule has 4 aliphatic rings. The highest BCUT2D eigenvalue weighted by molar-refractivity contribution is 5.98. The summed E-state index contributed by atoms with van der Waals surface area (Å²) in [6.07, 6.45) is 11.5. The third kappa shape index (κ3) is 4.42. The van der Waals surface area contributed by atoms with Crippen LogP contribution in [-0.2, 0) is 9.53 Å². The van der Waals surface area contributed by atoms with E-state index in [1.54, 1.807) is 17.0 Å². The van der Waals surface area contributed by atoms with Crippen molar-refractivity contribution in [2.24, 2.45) is 5.92 Å². The van der Waals surface area contributed by atoms with E-state index in [-0.39, 0.29) is 29.9 Å². The zero-order valence-corrected chi connectivity index (χ0v) is 19.6. The number of nitrogens with zero attached hydrogens (tertiary/aromatic N) is 2. The number of carbonyl (C=O) groups is 1. The van der Waals surface area contributed by atoms with Gasteiger partial charge in [-0.3, -0.25) is 9.69 Å². The minimum Gasteiger partial charge on any atom is -0.370 e. The van der Waals surface area contributed by atoms with Crippen LogP contribution < -0.4 is 5.32 Å². The summed E-state index contributed by atoms with van der Waals surface area (Å²) in [5.41, 5.74) is 4.37. The zero-order chi connectivity index (χ0) is 23.1. The van der Waals surface area contributed by atoms with Crippen LogP contribution in [0.25, 0.3) is 5.57 Å². The van der Waals surface area contributed by atoms with Gasteiger partial charge in [0.05, 0.1) is 17.9 Å². The van der Waals surface area contributed by atoms with E-state index in [9.17, 15) is 9.18 Å². The van der Waals surface area contributed by atoms with Crippen molar-refractivity contribution in [3.63, 3.8) is 0 Å². The Morgan fingerprint density at radius 2 is 1.94 bits per heavy atom. The lowest BCUT2D eigenvalue weighted by molar-refractivity contribution is -0.122. The van der Waals surface area contributed by atoms with Crippen LogP contribution in [0.1, 0.15) is 50.8 Å². The predicted octanol–water partition coefficient (Wildman–Crippen LogP) is 4.52. The SMILES string of the molecule is CC1CN(C2=CN3C(=O)C=C(c4ccc(F)c(C5CC(C)O5)c4)C(C)CC=C3C=C2)CCN1. The lowest BCUT2D eigenvalue weighted by Gasteiger charge is -2.37. The van der Waals surface area contributed by atoms with Crippen molar-refractivity contribution in [3.8, 4) is 0 Å². The van der Waals surface area contributed by atoms with Gasteiger partial charge in [-0.2, -0.15) is 0 Å². The first-order valence-corrected chi connectivity index (χ1v) is 12.0. The zero-order valence-electron chi connectivity index (χ0n) is 19.6. The number of benzene rings is 1. The summed E-state index contributed by atoms with van der Waals surface area (Å²) >= 11 is 0. The van der Waals surface area contributed by atoms with Crippen LogP contribution in [0.2, 0.25) is 0 Å². The van der Waals surface area contributed by atoms with Gasteiger partial charge in [0, 0.05) is 55.6 Å². The third-order valence-corrected chi connectivity index (χ3v) is 7.04. The second-order valence-corrected chi connectivity index (χ2v) is 9.67. The first-order chi connectivity index (χ1) is 15.9. The first-order valence-electron chi connectivity index (χ1n) is 12.0. The molecule has 0 spiro atoms. The van der Waals surface area contributed by atoms with Crippen LogP contribution in [0.5, 0.6) is 0 Å². The van der Waals surface area contributed by atoms with E-state index in [1.165, 1.54) is 6.07 Å². The lowest BCUT2D eigenvalue weighted by atomic mass is 9.87. The summed E-state index contributed by atoms with van der Waals surface area (Å²) in [6, 6.07) is 5.56. The molecule has 0 bridgehead atoms. The Bertz CT molecular complexity index is 1070. The lowest BCUT2D eigenvalue weighted by Crippen LogP contribution is -2.48. The van der Waals surface area contributed by atoms with Crippen LogP contribution in [-0.4, -0.2) is 47.5 Å². The molecule has 1 aromatic carbocycles. The van der Waals surface area contributed by atoms with Crippen molar-refractivity contribution >= 4 is 11.5 Å². The molecule has 0 aliphatic carbocycles. The molecule has 6 heteroatoms. The van der Waals surface area contributed by atoms with Crippen molar-refractivity contribution in [2.45, 2.75) is 51.9 Å². The Labute approximate surface area is 195 Å². The van der Waals surface area contributed by atoms with E-state index in [0.29, 0.717) is 11.6 Å². The number of hydrogen-bond donors (Lipinski definition) is 1. The smallest absolute Gasteiger partial charge is 0.255 e. The monoisotopic (exact) mass is 449 g/mol. The number of carbonyl (C=O) groups excluding carboxylic acids is 1. The highest BCUT2D eigenvalue weighted by Gasteiger charge is 2.31. The fourth-order valence-corrected chi connectivity index (χ4v) is 5.09. The first kappa shape index (κ1) is 22.1. The molecule has 0 saturated carbocycles. The number of piperazine rings is 1. The molecule has 2 fully saturated rings. The summed E-state index contributed by atoms with van der Waals surface area (Å²) < 4.78 is 20.2. The largest absolute Gasteiger partial charge is 0.370 e. The van der Waals surface area contributed by atoms with Crippen LogP contribution in [0.4, 0.5) is 4.39 Å². The molecule has 4 heterocycles. The van der Waals surface area contributed by atoms with E-state index in [2.05, 4.69) is 36.2 Å². The Morgan fingerprint density at radius 3 is 2.70 bits per heavy atom. The van der Waals surface area contributed by atoms with E-state index in [4.69, 9.17) is 4.74 Å². The molecule has 1 amide bonds. The molecule has 1 N–H and O–H groups in total. The van der Waals surface area contributed by atoms with E-state index >= 15 is 0 Å². The maximum absolute atomic E-state index is 14.5. The molecule has 5 rings (SSSR count). The molecular weight excluding hydrogens is 417 g/mol. The van der Waals surface area contributed by atoms with Gasteiger partial charge in [0.25, 0.3) is 5.91 Å². The van der Waals surface area contributed by atoms with Gasteiger partial charge in [-0.1, -0.05) is 19.1 Å². The molecule has 4 atom stereocenters. The second kappa shape index (κ2) is 8.92. The molecule has 1 aromatic rings. The van der Waals surface area contributed by atoms with Gasteiger partial charge in [0.1, 0.15) is 5.82 Å². The van der Waals surface area contributed by atoms with Gasteiger partial charge in [-0.15, -0.1) is 0 Å². The Hall–Kier alpha value is -2.70. The van der Waals surface area contributed by atoms with Crippen LogP contribution >= 0.6 is 0 Å². The maximum Gasteiger partial charge on any atom is 0.255 e. The molecule has 5 nitrogen and oxygen atoms in total. The number of fused-ring (bicyclic) bond motifs is 1. The third-order valence-electron chi connectivity index (χ3n) is 7.04. The second-order valence-electron chi connectivity index (χ2n) is 9.67. The van der Waals surface area contributed by atoms with Crippen LogP contribution in [0.3, 0.4) is 0 Å². The van der Waals surface area contributed by atoms with Crippen molar-refractivity contribution in [1.29, 1.82) is 0 Å². The topological polar surface area (TPSA) is 44.8 Å². The highest BCUT2D eigenvalue weighted by Crippen LogP contribution is 2.38.